The average molecular weight is 228 g/mol. The van der Waals surface area contributed by atoms with E-state index in [0.29, 0.717) is 11.7 Å². The number of phenolic OH excluding ortho intramolecular Hbond substituents is 1. The van der Waals surface area contributed by atoms with Gasteiger partial charge < -0.3 is 9.84 Å². The van der Waals surface area contributed by atoms with Crippen LogP contribution in [0.5, 0.6) is 17.2 Å². The maximum atomic E-state index is 9.86. The summed E-state index contributed by atoms with van der Waals surface area (Å²) in [5.41, 5.74) is 0.936. The standard InChI is InChI=1S/C15H16O2/c1-11(2)14-9-8-13(10-15(14)16)17-12-6-4-3-5-7-12/h3-11,16H,1-2H3. The van der Waals surface area contributed by atoms with Crippen molar-refractivity contribution in [1.29, 1.82) is 0 Å². The fourth-order valence-electron chi connectivity index (χ4n) is 1.70. The molecule has 1 N–H and O–H groups in total. The van der Waals surface area contributed by atoms with Gasteiger partial charge in [0.2, 0.25) is 0 Å². The average Bonchev–Trinajstić information content (AvgIpc) is 2.30. The molecule has 0 saturated heterocycles. The third kappa shape index (κ3) is 2.78. The summed E-state index contributed by atoms with van der Waals surface area (Å²) in [6, 6.07) is 15.0. The maximum Gasteiger partial charge on any atom is 0.131 e. The Kier molecular flexibility index (Phi) is 3.33. The summed E-state index contributed by atoms with van der Waals surface area (Å²) in [6.45, 7) is 4.10. The van der Waals surface area contributed by atoms with Crippen molar-refractivity contribution in [1.82, 2.24) is 0 Å². The summed E-state index contributed by atoms with van der Waals surface area (Å²) < 4.78 is 5.63. The summed E-state index contributed by atoms with van der Waals surface area (Å²) in [6.07, 6.45) is 0. The molecule has 0 aliphatic carbocycles. The lowest BCUT2D eigenvalue weighted by atomic mass is 10.0. The Bertz CT molecular complexity index is 490. The monoisotopic (exact) mass is 228 g/mol. The molecule has 0 amide bonds. The Morgan fingerprint density at radius 2 is 1.65 bits per heavy atom. The van der Waals surface area contributed by atoms with Crippen LogP contribution in [-0.4, -0.2) is 5.11 Å². The smallest absolute Gasteiger partial charge is 0.131 e. The third-order valence-corrected chi connectivity index (χ3v) is 2.60. The normalized spacial score (nSPS) is 10.5. The third-order valence-electron chi connectivity index (χ3n) is 2.60. The second kappa shape index (κ2) is 4.91. The van der Waals surface area contributed by atoms with Crippen LogP contribution >= 0.6 is 0 Å². The first-order chi connectivity index (χ1) is 8.16. The second-order valence-corrected chi connectivity index (χ2v) is 4.29. The van der Waals surface area contributed by atoms with E-state index in [1.54, 1.807) is 6.07 Å². The van der Waals surface area contributed by atoms with Crippen molar-refractivity contribution in [3.63, 3.8) is 0 Å². The molecule has 0 aliphatic heterocycles. The van der Waals surface area contributed by atoms with E-state index in [4.69, 9.17) is 4.74 Å². The minimum atomic E-state index is 0.286. The summed E-state index contributed by atoms with van der Waals surface area (Å²) in [5, 5.41) is 9.86. The molecule has 2 aromatic rings. The molecule has 0 saturated carbocycles. The number of aromatic hydroxyl groups is 1. The van der Waals surface area contributed by atoms with Crippen LogP contribution in [0.4, 0.5) is 0 Å². The van der Waals surface area contributed by atoms with E-state index in [2.05, 4.69) is 0 Å². The van der Waals surface area contributed by atoms with Gasteiger partial charge in [-0.15, -0.1) is 0 Å². The minimum Gasteiger partial charge on any atom is -0.508 e. The van der Waals surface area contributed by atoms with E-state index in [0.717, 1.165) is 11.3 Å². The van der Waals surface area contributed by atoms with Gasteiger partial charge >= 0.3 is 0 Å². The Labute approximate surface area is 101 Å². The van der Waals surface area contributed by atoms with Gasteiger partial charge in [0, 0.05) is 6.07 Å². The van der Waals surface area contributed by atoms with Crippen molar-refractivity contribution in [3.05, 3.63) is 54.1 Å². The highest BCUT2D eigenvalue weighted by molar-refractivity contribution is 5.42. The SMILES string of the molecule is CC(C)c1ccc(Oc2ccccc2)cc1O. The number of para-hydroxylation sites is 1. The van der Waals surface area contributed by atoms with Gasteiger partial charge in [-0.2, -0.15) is 0 Å². The molecule has 0 bridgehead atoms. The van der Waals surface area contributed by atoms with E-state index in [9.17, 15) is 5.11 Å². The molecule has 2 heteroatoms. The van der Waals surface area contributed by atoms with Crippen LogP contribution in [0, 0.1) is 0 Å². The molecule has 0 heterocycles. The minimum absolute atomic E-state index is 0.286. The molecule has 2 aromatic carbocycles. The maximum absolute atomic E-state index is 9.86. The number of ether oxygens (including phenoxy) is 1. The summed E-state index contributed by atoms with van der Waals surface area (Å²) in [5.74, 6) is 2.01. The zero-order valence-electron chi connectivity index (χ0n) is 10.1. The van der Waals surface area contributed by atoms with Gasteiger partial charge in [0.15, 0.2) is 0 Å². The van der Waals surface area contributed by atoms with E-state index in [1.165, 1.54) is 0 Å². The quantitative estimate of drug-likeness (QED) is 0.848. The molecule has 88 valence electrons. The van der Waals surface area contributed by atoms with Crippen LogP contribution in [0.1, 0.15) is 25.3 Å². The number of hydrogen-bond acceptors (Lipinski definition) is 2. The van der Waals surface area contributed by atoms with E-state index >= 15 is 0 Å². The topological polar surface area (TPSA) is 29.5 Å². The molecule has 0 spiro atoms. The van der Waals surface area contributed by atoms with Crippen LogP contribution in [0.25, 0.3) is 0 Å². The lowest BCUT2D eigenvalue weighted by molar-refractivity contribution is 0.448. The molecule has 0 aliphatic rings. The predicted octanol–water partition coefficient (Wildman–Crippen LogP) is 4.31. The molecule has 2 rings (SSSR count). The first-order valence-corrected chi connectivity index (χ1v) is 5.72. The van der Waals surface area contributed by atoms with Gasteiger partial charge in [-0.25, -0.2) is 0 Å². The molecule has 2 nitrogen and oxygen atoms in total. The number of benzene rings is 2. The van der Waals surface area contributed by atoms with Crippen molar-refractivity contribution in [3.8, 4) is 17.2 Å². The first kappa shape index (κ1) is 11.5. The fraction of sp³-hybridized carbons (Fsp3) is 0.200. The van der Waals surface area contributed by atoms with E-state index in [-0.39, 0.29) is 5.75 Å². The molecular weight excluding hydrogens is 212 g/mol. The van der Waals surface area contributed by atoms with Crippen LogP contribution in [0.3, 0.4) is 0 Å². The summed E-state index contributed by atoms with van der Waals surface area (Å²) in [7, 11) is 0. The predicted molar refractivity (Wildman–Crippen MR) is 68.7 cm³/mol. The molecular formula is C15H16O2. The van der Waals surface area contributed by atoms with E-state index in [1.807, 2.05) is 56.3 Å². The largest absolute Gasteiger partial charge is 0.508 e. The molecule has 0 fully saturated rings. The fourth-order valence-corrected chi connectivity index (χ4v) is 1.70. The van der Waals surface area contributed by atoms with E-state index < -0.39 is 0 Å². The van der Waals surface area contributed by atoms with Crippen molar-refractivity contribution < 1.29 is 9.84 Å². The first-order valence-electron chi connectivity index (χ1n) is 5.72. The second-order valence-electron chi connectivity index (χ2n) is 4.29. The Balaban J connectivity index is 2.21. The molecule has 0 atom stereocenters. The van der Waals surface area contributed by atoms with Gasteiger partial charge in [-0.3, -0.25) is 0 Å². The van der Waals surface area contributed by atoms with Crippen LogP contribution in [-0.2, 0) is 0 Å². The number of hydrogen-bond donors (Lipinski definition) is 1. The highest BCUT2D eigenvalue weighted by Gasteiger charge is 2.07. The number of rotatable bonds is 3. The van der Waals surface area contributed by atoms with Crippen molar-refractivity contribution in [2.75, 3.05) is 0 Å². The summed E-state index contributed by atoms with van der Waals surface area (Å²) in [4.78, 5) is 0. The lowest BCUT2D eigenvalue weighted by Gasteiger charge is -2.10. The van der Waals surface area contributed by atoms with Gasteiger partial charge in [0.05, 0.1) is 0 Å². The Morgan fingerprint density at radius 1 is 0.941 bits per heavy atom. The summed E-state index contributed by atoms with van der Waals surface area (Å²) >= 11 is 0. The zero-order valence-corrected chi connectivity index (χ0v) is 10.1. The number of phenols is 1. The van der Waals surface area contributed by atoms with Gasteiger partial charge in [-0.05, 0) is 29.7 Å². The van der Waals surface area contributed by atoms with Gasteiger partial charge in [-0.1, -0.05) is 38.1 Å². The van der Waals surface area contributed by atoms with Crippen LogP contribution in [0.15, 0.2) is 48.5 Å². The van der Waals surface area contributed by atoms with Crippen LogP contribution in [0.2, 0.25) is 0 Å². The van der Waals surface area contributed by atoms with Gasteiger partial charge in [0.25, 0.3) is 0 Å². The van der Waals surface area contributed by atoms with Crippen molar-refractivity contribution in [2.24, 2.45) is 0 Å². The highest BCUT2D eigenvalue weighted by atomic mass is 16.5. The Morgan fingerprint density at radius 3 is 2.24 bits per heavy atom. The van der Waals surface area contributed by atoms with Crippen molar-refractivity contribution in [2.45, 2.75) is 19.8 Å². The molecule has 0 aromatic heterocycles. The van der Waals surface area contributed by atoms with Crippen molar-refractivity contribution >= 4 is 0 Å². The lowest BCUT2D eigenvalue weighted by Crippen LogP contribution is -1.89. The zero-order chi connectivity index (χ0) is 12.3. The van der Waals surface area contributed by atoms with Gasteiger partial charge in [0.1, 0.15) is 17.2 Å². The molecule has 0 radical (unpaired) electrons. The highest BCUT2D eigenvalue weighted by Crippen LogP contribution is 2.31. The molecule has 0 unspecified atom stereocenters. The molecule has 17 heavy (non-hydrogen) atoms. The van der Waals surface area contributed by atoms with Crippen LogP contribution < -0.4 is 4.74 Å². The Hall–Kier alpha value is -1.96.